The summed E-state index contributed by atoms with van der Waals surface area (Å²) in [7, 11) is 0. The molecule has 7 nitrogen and oxygen atoms in total. The van der Waals surface area contributed by atoms with Crippen LogP contribution in [-0.2, 0) is 17.4 Å². The highest BCUT2D eigenvalue weighted by Crippen LogP contribution is 2.31. The molecule has 0 aliphatic carbocycles. The number of amides is 2. The van der Waals surface area contributed by atoms with E-state index in [1.54, 1.807) is 15.9 Å². The highest BCUT2D eigenvalue weighted by atomic mass is 32.1. The topological polar surface area (TPSA) is 79.5 Å². The summed E-state index contributed by atoms with van der Waals surface area (Å²) < 4.78 is 43.8. The second-order valence-electron chi connectivity index (χ2n) is 7.44. The largest absolute Gasteiger partial charge is 0.416 e. The minimum Gasteiger partial charge on any atom is -0.338 e. The molecule has 2 amide bonds. The Bertz CT molecular complexity index is 1110. The van der Waals surface area contributed by atoms with Crippen molar-refractivity contribution in [1.82, 2.24) is 19.9 Å². The molecule has 2 aromatic heterocycles. The number of alkyl halides is 3. The highest BCUT2D eigenvalue weighted by Gasteiger charge is 2.32. The van der Waals surface area contributed by atoms with Crippen LogP contribution in [0.5, 0.6) is 0 Å². The normalized spacial score (nSPS) is 16.9. The van der Waals surface area contributed by atoms with Gasteiger partial charge in [-0.15, -0.1) is 11.3 Å². The number of carbonyl (C=O) groups excluding carboxylic acids is 2. The first-order chi connectivity index (χ1) is 15.2. The molecule has 4 rings (SSSR count). The molecule has 0 radical (unpaired) electrons. The van der Waals surface area contributed by atoms with Gasteiger partial charge >= 0.3 is 6.18 Å². The number of rotatable bonds is 4. The van der Waals surface area contributed by atoms with Crippen LogP contribution in [0, 0.1) is 0 Å². The van der Waals surface area contributed by atoms with Crippen molar-refractivity contribution in [1.29, 1.82) is 0 Å². The maximum Gasteiger partial charge on any atom is 0.416 e. The number of hydrogen-bond donors (Lipinski definition) is 0. The summed E-state index contributed by atoms with van der Waals surface area (Å²) in [5, 5.41) is 5.58. The van der Waals surface area contributed by atoms with Gasteiger partial charge in [-0.2, -0.15) is 18.2 Å². The second kappa shape index (κ2) is 8.73. The number of aromatic nitrogens is 2. The third-order valence-electron chi connectivity index (χ3n) is 5.19. The molecule has 1 aliphatic heterocycles. The average molecular weight is 464 g/mol. The fourth-order valence-electron chi connectivity index (χ4n) is 3.55. The molecular weight excluding hydrogens is 445 g/mol. The van der Waals surface area contributed by atoms with E-state index in [1.165, 1.54) is 23.5 Å². The summed E-state index contributed by atoms with van der Waals surface area (Å²) in [5.74, 6) is -0.286. The van der Waals surface area contributed by atoms with E-state index in [4.69, 9.17) is 4.52 Å². The van der Waals surface area contributed by atoms with Crippen molar-refractivity contribution in [2.45, 2.75) is 25.6 Å². The molecule has 1 atom stereocenters. The Morgan fingerprint density at radius 2 is 2.03 bits per heavy atom. The number of carbonyl (C=O) groups is 2. The van der Waals surface area contributed by atoms with E-state index in [9.17, 15) is 22.8 Å². The molecular formula is C21H19F3N4O3S. The zero-order chi connectivity index (χ0) is 22.9. The van der Waals surface area contributed by atoms with Crippen LogP contribution >= 0.6 is 11.3 Å². The lowest BCUT2D eigenvalue weighted by Gasteiger charge is -2.39. The van der Waals surface area contributed by atoms with E-state index in [1.807, 2.05) is 18.4 Å². The van der Waals surface area contributed by atoms with E-state index >= 15 is 0 Å². The molecule has 3 heterocycles. The third kappa shape index (κ3) is 4.67. The standard InChI is InChI=1S/C21H19F3N4O3S/c1-13-12-27(7-8-28(13)20(30)16-6-3-9-32-16)18(29)11-17-25-19(31-26-17)14-4-2-5-15(10-14)21(22,23)24/h2-6,9-10,13H,7-8,11-12H2,1H3. The molecule has 0 bridgehead atoms. The van der Waals surface area contributed by atoms with Crippen LogP contribution in [0.15, 0.2) is 46.3 Å². The lowest BCUT2D eigenvalue weighted by atomic mass is 10.1. The average Bonchev–Trinajstić information content (AvgIpc) is 3.45. The van der Waals surface area contributed by atoms with E-state index in [-0.39, 0.29) is 41.6 Å². The van der Waals surface area contributed by atoms with Crippen molar-refractivity contribution >= 4 is 23.2 Å². The number of nitrogens with zero attached hydrogens (tertiary/aromatic N) is 4. The van der Waals surface area contributed by atoms with Crippen LogP contribution < -0.4 is 0 Å². The van der Waals surface area contributed by atoms with Gasteiger partial charge in [-0.3, -0.25) is 9.59 Å². The van der Waals surface area contributed by atoms with E-state index in [2.05, 4.69) is 10.1 Å². The Balaban J connectivity index is 1.38. The molecule has 1 fully saturated rings. The number of hydrogen-bond acceptors (Lipinski definition) is 6. The first-order valence-corrected chi connectivity index (χ1v) is 10.7. The van der Waals surface area contributed by atoms with Crippen LogP contribution in [0.3, 0.4) is 0 Å². The predicted molar refractivity (Wildman–Crippen MR) is 110 cm³/mol. The molecule has 1 aliphatic rings. The molecule has 32 heavy (non-hydrogen) atoms. The van der Waals surface area contributed by atoms with Gasteiger partial charge < -0.3 is 14.3 Å². The van der Waals surface area contributed by atoms with E-state index in [0.29, 0.717) is 24.5 Å². The predicted octanol–water partition coefficient (Wildman–Crippen LogP) is 3.73. The Labute approximate surface area is 185 Å². The fourth-order valence-corrected chi connectivity index (χ4v) is 4.23. The summed E-state index contributed by atoms with van der Waals surface area (Å²) in [6.45, 7) is 3.03. The minimum atomic E-state index is -4.49. The molecule has 3 aromatic rings. The van der Waals surface area contributed by atoms with Gasteiger partial charge in [0.15, 0.2) is 5.82 Å². The monoisotopic (exact) mass is 464 g/mol. The zero-order valence-electron chi connectivity index (χ0n) is 17.0. The Kier molecular flexibility index (Phi) is 6.00. The number of thiophene rings is 1. The lowest BCUT2D eigenvalue weighted by molar-refractivity contribution is -0.137. The van der Waals surface area contributed by atoms with E-state index < -0.39 is 11.7 Å². The van der Waals surface area contributed by atoms with Crippen LogP contribution in [0.2, 0.25) is 0 Å². The van der Waals surface area contributed by atoms with Gasteiger partial charge in [-0.1, -0.05) is 17.3 Å². The van der Waals surface area contributed by atoms with Gasteiger partial charge in [0, 0.05) is 31.2 Å². The van der Waals surface area contributed by atoms with Crippen molar-refractivity contribution in [3.63, 3.8) is 0 Å². The van der Waals surface area contributed by atoms with Gasteiger partial charge in [0.1, 0.15) is 0 Å². The van der Waals surface area contributed by atoms with Gasteiger partial charge in [0.25, 0.3) is 11.8 Å². The van der Waals surface area contributed by atoms with Gasteiger partial charge in [-0.05, 0) is 36.6 Å². The third-order valence-corrected chi connectivity index (χ3v) is 6.05. The second-order valence-corrected chi connectivity index (χ2v) is 8.38. The molecule has 1 aromatic carbocycles. The SMILES string of the molecule is CC1CN(C(=O)Cc2noc(-c3cccc(C(F)(F)F)c3)n2)CCN1C(=O)c1cccs1. The summed E-state index contributed by atoms with van der Waals surface area (Å²) in [6.07, 6.45) is -4.63. The summed E-state index contributed by atoms with van der Waals surface area (Å²) in [4.78, 5) is 33.4. The quantitative estimate of drug-likeness (QED) is 0.588. The minimum absolute atomic E-state index is 0.0523. The van der Waals surface area contributed by atoms with Crippen LogP contribution in [0.1, 0.15) is 28.0 Å². The van der Waals surface area contributed by atoms with Crippen molar-refractivity contribution in [2.75, 3.05) is 19.6 Å². The van der Waals surface area contributed by atoms with Crippen LogP contribution in [-0.4, -0.2) is 57.4 Å². The number of piperazine rings is 1. The van der Waals surface area contributed by atoms with Gasteiger partial charge in [0.2, 0.25) is 5.91 Å². The Morgan fingerprint density at radius 3 is 2.72 bits per heavy atom. The summed E-state index contributed by atoms with van der Waals surface area (Å²) in [5.41, 5.74) is -0.699. The van der Waals surface area contributed by atoms with E-state index in [0.717, 1.165) is 12.1 Å². The smallest absolute Gasteiger partial charge is 0.338 e. The van der Waals surface area contributed by atoms with Gasteiger partial charge in [-0.25, -0.2) is 0 Å². The molecule has 1 unspecified atom stereocenters. The van der Waals surface area contributed by atoms with Crippen LogP contribution in [0.25, 0.3) is 11.5 Å². The summed E-state index contributed by atoms with van der Waals surface area (Å²) in [6, 6.07) is 7.99. The highest BCUT2D eigenvalue weighted by molar-refractivity contribution is 7.12. The molecule has 0 saturated carbocycles. The van der Waals surface area contributed by atoms with Crippen molar-refractivity contribution in [3.8, 4) is 11.5 Å². The summed E-state index contributed by atoms with van der Waals surface area (Å²) >= 11 is 1.38. The van der Waals surface area contributed by atoms with Crippen molar-refractivity contribution < 1.29 is 27.3 Å². The number of halogens is 3. The van der Waals surface area contributed by atoms with Gasteiger partial charge in [0.05, 0.1) is 16.9 Å². The lowest BCUT2D eigenvalue weighted by Crippen LogP contribution is -2.55. The molecule has 1 saturated heterocycles. The zero-order valence-corrected chi connectivity index (χ0v) is 17.8. The molecule has 0 N–H and O–H groups in total. The Hall–Kier alpha value is -3.21. The first-order valence-electron chi connectivity index (χ1n) is 9.85. The maximum atomic E-state index is 12.9. The molecule has 11 heteroatoms. The first kappa shape index (κ1) is 22.0. The fraction of sp³-hybridized carbons (Fsp3) is 0.333. The maximum absolute atomic E-state index is 12.9. The van der Waals surface area contributed by atoms with Crippen molar-refractivity contribution in [3.05, 3.63) is 58.0 Å². The Morgan fingerprint density at radius 1 is 1.22 bits per heavy atom. The molecule has 0 spiro atoms. The molecule has 168 valence electrons. The number of benzene rings is 1. The van der Waals surface area contributed by atoms with Crippen molar-refractivity contribution in [2.24, 2.45) is 0 Å². The van der Waals surface area contributed by atoms with Crippen LogP contribution in [0.4, 0.5) is 13.2 Å².